The average molecular weight is 695 g/mol. The third-order valence-electron chi connectivity index (χ3n) is 10.8. The van der Waals surface area contributed by atoms with Crippen LogP contribution in [0.1, 0.15) is 82.1 Å². The van der Waals surface area contributed by atoms with E-state index in [1.54, 1.807) is 27.7 Å². The minimum Gasteiger partial charge on any atom is -0.469 e. The van der Waals surface area contributed by atoms with E-state index < -0.39 is 106 Å². The van der Waals surface area contributed by atoms with Gasteiger partial charge in [0.25, 0.3) is 0 Å². The second kappa shape index (κ2) is 13.0. The number of carbonyl (C=O) groups is 7. The van der Waals surface area contributed by atoms with Crippen molar-refractivity contribution in [1.82, 2.24) is 0 Å². The van der Waals surface area contributed by atoms with Crippen LogP contribution in [-0.4, -0.2) is 97.2 Å². The molecule has 0 aromatic rings. The smallest absolute Gasteiger partial charge is 0.311 e. The van der Waals surface area contributed by atoms with Crippen LogP contribution in [0.5, 0.6) is 0 Å². The highest BCUT2D eigenvalue weighted by Gasteiger charge is 2.81. The molecule has 4 rings (SSSR count). The molecule has 2 bridgehead atoms. The lowest BCUT2D eigenvalue weighted by Crippen LogP contribution is -2.77. The zero-order valence-electron chi connectivity index (χ0n) is 29.8. The molecule has 2 saturated carbocycles. The first kappa shape index (κ1) is 37.8. The van der Waals surface area contributed by atoms with E-state index in [0.29, 0.717) is 5.57 Å². The monoisotopic (exact) mass is 694 g/mol. The van der Waals surface area contributed by atoms with E-state index in [9.17, 15) is 33.6 Å². The molecule has 15 heteroatoms. The van der Waals surface area contributed by atoms with Crippen molar-refractivity contribution in [2.45, 2.75) is 124 Å². The van der Waals surface area contributed by atoms with Crippen molar-refractivity contribution in [2.24, 2.45) is 22.7 Å². The zero-order chi connectivity index (χ0) is 37.0. The van der Waals surface area contributed by atoms with Gasteiger partial charge in [0.2, 0.25) is 0 Å². The van der Waals surface area contributed by atoms with Crippen LogP contribution in [0.25, 0.3) is 0 Å². The molecule has 0 N–H and O–H groups in total. The molecule has 1 aliphatic heterocycles. The third-order valence-corrected chi connectivity index (χ3v) is 10.8. The zero-order valence-corrected chi connectivity index (χ0v) is 29.8. The van der Waals surface area contributed by atoms with Crippen LogP contribution in [0.2, 0.25) is 0 Å². The van der Waals surface area contributed by atoms with E-state index in [4.69, 9.17) is 37.9 Å². The summed E-state index contributed by atoms with van der Waals surface area (Å²) in [4.78, 5) is 91.4. The highest BCUT2D eigenvalue weighted by Crippen LogP contribution is 2.68. The number of hydrogen-bond donors (Lipinski definition) is 0. The molecule has 4 unspecified atom stereocenters. The largest absolute Gasteiger partial charge is 0.469 e. The predicted octanol–water partition coefficient (Wildman–Crippen LogP) is 2.29. The summed E-state index contributed by atoms with van der Waals surface area (Å²) in [6.45, 7) is 13.5. The van der Waals surface area contributed by atoms with Gasteiger partial charge >= 0.3 is 41.8 Å². The van der Waals surface area contributed by atoms with Gasteiger partial charge in [-0.15, -0.1) is 0 Å². The van der Waals surface area contributed by atoms with Crippen LogP contribution >= 0.6 is 0 Å². The van der Waals surface area contributed by atoms with E-state index >= 15 is 0 Å². The van der Waals surface area contributed by atoms with Gasteiger partial charge in [-0.1, -0.05) is 20.8 Å². The van der Waals surface area contributed by atoms with Crippen molar-refractivity contribution in [3.05, 3.63) is 11.1 Å². The Kier molecular flexibility index (Phi) is 10.1. The summed E-state index contributed by atoms with van der Waals surface area (Å²) in [7, 11) is 1.18. The van der Waals surface area contributed by atoms with Gasteiger partial charge in [-0.25, -0.2) is 0 Å². The SMILES string of the molecule is COC(=O)C1C[C@H](OC(C)=O)[C@@]2(C)C(OC(C)=O)[C@H](OC(C)=O)C3=C(C)C(OC(C)=O)C[C@@](OC(C)=O)(C(OC(C)=O)[C@H]2[C@@]12CO2)C3(C)C. The normalized spacial score (nSPS) is 37.2. The first-order valence-corrected chi connectivity index (χ1v) is 16.1. The van der Waals surface area contributed by atoms with Crippen molar-refractivity contribution >= 4 is 41.8 Å². The highest BCUT2D eigenvalue weighted by atomic mass is 16.6. The molecule has 0 aromatic heterocycles. The molecule has 272 valence electrons. The number of esters is 7. The second-order valence-electron chi connectivity index (χ2n) is 14.1. The number of epoxide rings is 1. The topological polar surface area (TPSA) is 197 Å². The van der Waals surface area contributed by atoms with Crippen molar-refractivity contribution in [3.63, 3.8) is 0 Å². The Balaban J connectivity index is 2.29. The van der Waals surface area contributed by atoms with Gasteiger partial charge in [0.15, 0.2) is 17.8 Å². The molecule has 0 amide bonds. The molecular formula is C34H46O15. The number of fused-ring (bicyclic) bond motifs is 4. The maximum absolute atomic E-state index is 13.5. The Morgan fingerprint density at radius 1 is 0.714 bits per heavy atom. The van der Waals surface area contributed by atoms with E-state index in [1.807, 2.05) is 0 Å². The summed E-state index contributed by atoms with van der Waals surface area (Å²) in [6, 6.07) is 0. The number of rotatable bonds is 7. The summed E-state index contributed by atoms with van der Waals surface area (Å²) in [6.07, 6.45) is -7.36. The van der Waals surface area contributed by atoms with Gasteiger partial charge < -0.3 is 37.9 Å². The van der Waals surface area contributed by atoms with Gasteiger partial charge in [-0.05, 0) is 18.1 Å². The molecule has 0 radical (unpaired) electrons. The average Bonchev–Trinajstić information content (AvgIpc) is 3.73. The summed E-state index contributed by atoms with van der Waals surface area (Å²) in [5, 5.41) is 0. The predicted molar refractivity (Wildman–Crippen MR) is 164 cm³/mol. The minimum absolute atomic E-state index is 0.0890. The van der Waals surface area contributed by atoms with E-state index in [-0.39, 0.29) is 25.0 Å². The van der Waals surface area contributed by atoms with Gasteiger partial charge in [0.05, 0.1) is 25.0 Å². The Morgan fingerprint density at radius 2 is 1.22 bits per heavy atom. The van der Waals surface area contributed by atoms with Crippen LogP contribution in [0.3, 0.4) is 0 Å². The lowest BCUT2D eigenvalue weighted by atomic mass is 9.44. The Labute approximate surface area is 284 Å². The molecule has 15 nitrogen and oxygen atoms in total. The first-order chi connectivity index (χ1) is 22.6. The van der Waals surface area contributed by atoms with Crippen molar-refractivity contribution in [1.29, 1.82) is 0 Å². The lowest BCUT2D eigenvalue weighted by molar-refractivity contribution is -0.283. The Bertz CT molecular complexity index is 1470. The van der Waals surface area contributed by atoms with E-state index in [0.717, 1.165) is 34.6 Å². The van der Waals surface area contributed by atoms with Gasteiger partial charge in [0, 0.05) is 65.7 Å². The number of carbonyl (C=O) groups excluding carboxylic acids is 7. The number of ether oxygens (including phenoxy) is 8. The Hall–Kier alpha value is -4.01. The van der Waals surface area contributed by atoms with E-state index in [1.165, 1.54) is 14.0 Å². The summed E-state index contributed by atoms with van der Waals surface area (Å²) >= 11 is 0. The van der Waals surface area contributed by atoms with Gasteiger partial charge in [-0.2, -0.15) is 0 Å². The van der Waals surface area contributed by atoms with Crippen LogP contribution in [0.15, 0.2) is 11.1 Å². The van der Waals surface area contributed by atoms with E-state index in [2.05, 4.69) is 0 Å². The summed E-state index contributed by atoms with van der Waals surface area (Å²) < 4.78 is 47.9. The van der Waals surface area contributed by atoms with Crippen molar-refractivity contribution < 1.29 is 71.5 Å². The molecule has 10 atom stereocenters. The van der Waals surface area contributed by atoms with Crippen LogP contribution in [-0.2, 0) is 71.5 Å². The standard InChI is InChI=1S/C34H46O15/c1-15-23(44-16(2)35)13-34(49-21(7)40)29(48-20(6)39)27-32(10,24(45-17(3)36)12-22(30(41)42-11)33(27)14-43-33)28(47-19(5)38)26(46-18(4)37)25(15)31(34,8)9/h22-24,26-29H,12-14H2,1-11H3/t22?,23?,24-,26+,27+,28?,29?,32+,33+,34+/m0/s1. The summed E-state index contributed by atoms with van der Waals surface area (Å²) in [5.41, 5.74) is -5.93. The molecular weight excluding hydrogens is 648 g/mol. The fourth-order valence-electron chi connectivity index (χ4n) is 9.03. The molecule has 0 aromatic carbocycles. The fourth-order valence-corrected chi connectivity index (χ4v) is 9.03. The molecule has 1 heterocycles. The third kappa shape index (κ3) is 6.18. The maximum atomic E-state index is 13.5. The van der Waals surface area contributed by atoms with Crippen LogP contribution in [0, 0.1) is 22.7 Å². The quantitative estimate of drug-likeness (QED) is 0.163. The van der Waals surface area contributed by atoms with Crippen molar-refractivity contribution in [3.8, 4) is 0 Å². The van der Waals surface area contributed by atoms with Crippen LogP contribution < -0.4 is 0 Å². The van der Waals surface area contributed by atoms with Gasteiger partial charge in [-0.3, -0.25) is 33.6 Å². The molecule has 4 aliphatic rings. The lowest BCUT2D eigenvalue weighted by Gasteiger charge is -2.65. The molecule has 3 fully saturated rings. The fraction of sp³-hybridized carbons (Fsp3) is 0.735. The maximum Gasteiger partial charge on any atom is 0.311 e. The molecule has 1 spiro atoms. The van der Waals surface area contributed by atoms with Crippen LogP contribution in [0.4, 0.5) is 0 Å². The first-order valence-electron chi connectivity index (χ1n) is 16.1. The minimum atomic E-state index is -1.93. The molecule has 1 saturated heterocycles. The second-order valence-corrected chi connectivity index (χ2v) is 14.1. The molecule has 3 aliphatic carbocycles. The Morgan fingerprint density at radius 3 is 1.67 bits per heavy atom. The number of methoxy groups -OCH3 is 1. The summed E-state index contributed by atoms with van der Waals surface area (Å²) in [5.74, 6) is -7.76. The highest BCUT2D eigenvalue weighted by molar-refractivity contribution is 5.76. The van der Waals surface area contributed by atoms with Crippen molar-refractivity contribution in [2.75, 3.05) is 13.7 Å². The van der Waals surface area contributed by atoms with Gasteiger partial charge in [0.1, 0.15) is 23.9 Å². The molecule has 49 heavy (non-hydrogen) atoms. The number of hydrogen-bond acceptors (Lipinski definition) is 15.